The van der Waals surface area contributed by atoms with Gasteiger partial charge in [0.2, 0.25) is 10.0 Å². The Kier molecular flexibility index (Phi) is 7.42. The number of esters is 1. The molecule has 0 bridgehead atoms. The zero-order chi connectivity index (χ0) is 24.2. The predicted octanol–water partition coefficient (Wildman–Crippen LogP) is 2.22. The van der Waals surface area contributed by atoms with E-state index >= 15 is 0 Å². The smallest absolute Gasteiger partial charge is 0.308 e. The lowest BCUT2D eigenvalue weighted by Gasteiger charge is -2.29. The molecule has 2 aromatic rings. The number of sulfonamides is 1. The predicted molar refractivity (Wildman–Crippen MR) is 116 cm³/mol. The van der Waals surface area contributed by atoms with Crippen LogP contribution in [0, 0.1) is 11.6 Å². The molecule has 2 aromatic carbocycles. The minimum absolute atomic E-state index is 0.164. The van der Waals surface area contributed by atoms with E-state index in [-0.39, 0.29) is 24.1 Å². The van der Waals surface area contributed by atoms with Crippen LogP contribution in [0.25, 0.3) is 0 Å². The van der Waals surface area contributed by atoms with E-state index in [0.717, 1.165) is 24.0 Å². The van der Waals surface area contributed by atoms with Crippen LogP contribution in [0.4, 0.5) is 14.5 Å². The van der Waals surface area contributed by atoms with Crippen LogP contribution in [0.3, 0.4) is 0 Å². The van der Waals surface area contributed by atoms with E-state index in [2.05, 4.69) is 5.32 Å². The first kappa shape index (κ1) is 24.3. The fourth-order valence-electron chi connectivity index (χ4n) is 3.43. The van der Waals surface area contributed by atoms with E-state index in [1.165, 1.54) is 10.4 Å². The van der Waals surface area contributed by atoms with Gasteiger partial charge in [0, 0.05) is 24.7 Å². The van der Waals surface area contributed by atoms with Gasteiger partial charge in [-0.25, -0.2) is 17.2 Å². The third kappa shape index (κ3) is 6.13. The summed E-state index contributed by atoms with van der Waals surface area (Å²) < 4.78 is 56.6. The summed E-state index contributed by atoms with van der Waals surface area (Å²) in [4.78, 5) is 36.2. The van der Waals surface area contributed by atoms with E-state index in [1.807, 2.05) is 0 Å². The summed E-state index contributed by atoms with van der Waals surface area (Å²) in [5.41, 5.74) is 1.18. The first-order valence-electron chi connectivity index (χ1n) is 10.1. The highest BCUT2D eigenvalue weighted by molar-refractivity contribution is 7.92. The Hall–Kier alpha value is -3.34. The van der Waals surface area contributed by atoms with Gasteiger partial charge in [-0.1, -0.05) is 0 Å². The Bertz CT molecular complexity index is 1200. The molecule has 0 atom stereocenters. The summed E-state index contributed by atoms with van der Waals surface area (Å²) >= 11 is 0. The van der Waals surface area contributed by atoms with Gasteiger partial charge >= 0.3 is 5.97 Å². The lowest BCUT2D eigenvalue weighted by molar-refractivity contribution is -0.142. The summed E-state index contributed by atoms with van der Waals surface area (Å²) in [5, 5.41) is 2.32. The van der Waals surface area contributed by atoms with E-state index < -0.39 is 45.9 Å². The van der Waals surface area contributed by atoms with E-state index in [4.69, 9.17) is 4.74 Å². The number of ketones is 1. The molecule has 3 rings (SSSR count). The van der Waals surface area contributed by atoms with Gasteiger partial charge in [-0.05, 0) is 48.7 Å². The van der Waals surface area contributed by atoms with Gasteiger partial charge in [0.15, 0.2) is 12.4 Å². The van der Waals surface area contributed by atoms with Gasteiger partial charge in [-0.2, -0.15) is 0 Å². The van der Waals surface area contributed by atoms with Gasteiger partial charge in [0.1, 0.15) is 11.6 Å². The normalized spacial score (nSPS) is 13.2. The Balaban J connectivity index is 1.49. The Labute approximate surface area is 189 Å². The summed E-state index contributed by atoms with van der Waals surface area (Å²) in [6, 6.07) is 7.15. The molecule has 8 nitrogen and oxygen atoms in total. The van der Waals surface area contributed by atoms with Crippen LogP contribution in [0.15, 0.2) is 36.4 Å². The van der Waals surface area contributed by atoms with Crippen LogP contribution in [0.2, 0.25) is 0 Å². The summed E-state index contributed by atoms with van der Waals surface area (Å²) in [5.74, 6) is -3.85. The minimum atomic E-state index is -3.42. The number of hydrogen-bond acceptors (Lipinski definition) is 6. The van der Waals surface area contributed by atoms with Crippen molar-refractivity contribution in [2.75, 3.05) is 30.3 Å². The van der Waals surface area contributed by atoms with Crippen LogP contribution in [-0.2, 0) is 26.0 Å². The maximum atomic E-state index is 13.6. The SMILES string of the molecule is CS(=O)(=O)N1CCCc2cc(C(=O)COC(=O)CCNC(=O)c3ccc(F)cc3F)ccc21. The Morgan fingerprint density at radius 3 is 2.58 bits per heavy atom. The van der Waals surface area contributed by atoms with Crippen molar-refractivity contribution in [1.82, 2.24) is 5.32 Å². The highest BCUT2D eigenvalue weighted by Crippen LogP contribution is 2.30. The number of anilines is 1. The number of nitrogens with one attached hydrogen (secondary N) is 1. The van der Waals surface area contributed by atoms with Crippen LogP contribution in [0.5, 0.6) is 0 Å². The number of rotatable bonds is 8. The number of Topliss-reactive ketones (excluding diaryl/α,β-unsaturated/α-hetero) is 1. The number of nitrogens with zero attached hydrogens (tertiary/aromatic N) is 1. The van der Waals surface area contributed by atoms with Gasteiger partial charge in [-0.3, -0.25) is 18.7 Å². The molecule has 1 heterocycles. The van der Waals surface area contributed by atoms with Crippen LogP contribution in [-0.4, -0.2) is 52.0 Å². The molecular weight excluding hydrogens is 458 g/mol. The highest BCUT2D eigenvalue weighted by atomic mass is 32.2. The van der Waals surface area contributed by atoms with Gasteiger partial charge < -0.3 is 10.1 Å². The molecule has 0 spiro atoms. The van der Waals surface area contributed by atoms with Gasteiger partial charge in [-0.15, -0.1) is 0 Å². The number of aryl methyl sites for hydroxylation is 1. The quantitative estimate of drug-likeness (QED) is 0.458. The Morgan fingerprint density at radius 1 is 1.12 bits per heavy atom. The summed E-state index contributed by atoms with van der Waals surface area (Å²) in [6.07, 6.45) is 2.12. The molecule has 176 valence electrons. The molecule has 1 amide bonds. The van der Waals surface area contributed by atoms with Crippen molar-refractivity contribution in [3.8, 4) is 0 Å². The number of benzene rings is 2. The molecular formula is C22H22F2N2O6S. The molecule has 0 radical (unpaired) electrons. The van der Waals surface area contributed by atoms with Gasteiger partial charge in [0.25, 0.3) is 5.91 Å². The second-order valence-corrected chi connectivity index (χ2v) is 9.40. The third-order valence-corrected chi connectivity index (χ3v) is 6.21. The number of carbonyl (C=O) groups excluding carboxylic acids is 3. The average Bonchev–Trinajstić information content (AvgIpc) is 2.75. The molecule has 0 fully saturated rings. The Morgan fingerprint density at radius 2 is 1.88 bits per heavy atom. The lowest BCUT2D eigenvalue weighted by Crippen LogP contribution is -2.34. The second-order valence-electron chi connectivity index (χ2n) is 7.50. The fourth-order valence-corrected chi connectivity index (χ4v) is 4.43. The lowest BCUT2D eigenvalue weighted by atomic mass is 9.99. The van der Waals surface area contributed by atoms with Gasteiger partial charge in [0.05, 0.1) is 23.9 Å². The zero-order valence-electron chi connectivity index (χ0n) is 17.8. The highest BCUT2D eigenvalue weighted by Gasteiger charge is 2.25. The molecule has 0 aromatic heterocycles. The largest absolute Gasteiger partial charge is 0.457 e. The molecule has 33 heavy (non-hydrogen) atoms. The topological polar surface area (TPSA) is 110 Å². The number of carbonyl (C=O) groups is 3. The monoisotopic (exact) mass is 480 g/mol. The molecule has 11 heteroatoms. The van der Waals surface area contributed by atoms with E-state index in [9.17, 15) is 31.6 Å². The molecule has 1 aliphatic heterocycles. The van der Waals surface area contributed by atoms with Crippen molar-refractivity contribution in [2.24, 2.45) is 0 Å². The number of amides is 1. The first-order valence-corrected chi connectivity index (χ1v) is 11.9. The maximum Gasteiger partial charge on any atom is 0.308 e. The van der Waals surface area contributed by atoms with Crippen molar-refractivity contribution in [2.45, 2.75) is 19.3 Å². The second kappa shape index (κ2) is 10.1. The number of fused-ring (bicyclic) bond motifs is 1. The van der Waals surface area contributed by atoms with Crippen LogP contribution < -0.4 is 9.62 Å². The minimum Gasteiger partial charge on any atom is -0.457 e. The van der Waals surface area contributed by atoms with E-state index in [0.29, 0.717) is 31.1 Å². The molecule has 1 aliphatic rings. The van der Waals surface area contributed by atoms with Crippen molar-refractivity contribution in [3.05, 3.63) is 64.7 Å². The standard InChI is InChI=1S/C22H22F2N2O6S/c1-33(30,31)26-10-2-3-14-11-15(4-7-19(14)26)20(27)13-32-21(28)8-9-25-22(29)17-6-5-16(23)12-18(17)24/h4-7,11-12H,2-3,8-10,13H2,1H3,(H,25,29). The van der Waals surface area contributed by atoms with Crippen LogP contribution >= 0.6 is 0 Å². The molecule has 0 aliphatic carbocycles. The average molecular weight is 480 g/mol. The van der Waals surface area contributed by atoms with Crippen molar-refractivity contribution in [3.63, 3.8) is 0 Å². The van der Waals surface area contributed by atoms with E-state index in [1.54, 1.807) is 12.1 Å². The fraction of sp³-hybridized carbons (Fsp3) is 0.318. The zero-order valence-corrected chi connectivity index (χ0v) is 18.6. The summed E-state index contributed by atoms with van der Waals surface area (Å²) in [6.45, 7) is -0.308. The maximum absolute atomic E-state index is 13.6. The number of ether oxygens (including phenoxy) is 1. The summed E-state index contributed by atoms with van der Waals surface area (Å²) in [7, 11) is -3.42. The molecule has 0 saturated heterocycles. The number of hydrogen-bond donors (Lipinski definition) is 1. The van der Waals surface area contributed by atoms with Crippen molar-refractivity contribution < 1.29 is 36.3 Å². The van der Waals surface area contributed by atoms with Crippen molar-refractivity contribution >= 4 is 33.4 Å². The van der Waals surface area contributed by atoms with Crippen molar-refractivity contribution in [1.29, 1.82) is 0 Å². The van der Waals surface area contributed by atoms with Crippen LogP contribution in [0.1, 0.15) is 39.1 Å². The molecule has 0 saturated carbocycles. The number of halogens is 2. The molecule has 0 unspecified atom stereocenters. The third-order valence-electron chi connectivity index (χ3n) is 5.03. The first-order chi connectivity index (χ1) is 15.6. The molecule has 1 N–H and O–H groups in total.